The molecule has 29 heavy (non-hydrogen) atoms. The smallest absolute Gasteiger partial charge is 0.144 e. The molecule has 0 aliphatic rings. The average molecular weight is 742 g/mol. The largest absolute Gasteiger partial charge is 0.214 e. The molecule has 0 bridgehead atoms. The van der Waals surface area contributed by atoms with Crippen molar-refractivity contribution >= 4 is 160 Å². The first-order chi connectivity index (χ1) is 13.4. The van der Waals surface area contributed by atoms with Crippen LogP contribution in [0.25, 0.3) is 20.2 Å². The second kappa shape index (κ2) is 11.6. The predicted molar refractivity (Wildman–Crippen MR) is 148 cm³/mol. The normalized spacial score (nSPS) is 11.6. The molecular weight excluding hydrogens is 733 g/mol. The van der Waals surface area contributed by atoms with Crippen LogP contribution in [0, 0.1) is 0 Å². The highest BCUT2D eigenvalue weighted by molar-refractivity contribution is 9.14. The van der Waals surface area contributed by atoms with E-state index < -0.39 is 6.49 Å². The Hall–Kier alpha value is 1.54. The minimum absolute atomic E-state index is 0.798. The van der Waals surface area contributed by atoms with Gasteiger partial charge in [-0.25, -0.2) is 0 Å². The number of hydrogen-bond acceptors (Lipinski definition) is 2. The van der Waals surface area contributed by atoms with Crippen LogP contribution >= 0.6 is 140 Å². The third-order valence-electron chi connectivity index (χ3n) is 3.19. The topological polar surface area (TPSA) is 0 Å². The Labute approximate surface area is 231 Å². The van der Waals surface area contributed by atoms with Crippen molar-refractivity contribution in [1.82, 2.24) is 0 Å². The van der Waals surface area contributed by atoms with Crippen LogP contribution in [-0.4, -0.2) is 6.49 Å². The fraction of sp³-hybridized carbons (Fsp3) is 0.111. The van der Waals surface area contributed by atoms with Crippen molar-refractivity contribution in [2.75, 3.05) is 0 Å². The van der Waals surface area contributed by atoms with Crippen LogP contribution in [0.2, 0.25) is 10.0 Å². The Morgan fingerprint density at radius 1 is 0.690 bits per heavy atom. The van der Waals surface area contributed by atoms with Gasteiger partial charge >= 0.3 is 0 Å². The quantitative estimate of drug-likeness (QED) is 0.170. The van der Waals surface area contributed by atoms with Crippen LogP contribution in [0.4, 0.5) is 0 Å². The Morgan fingerprint density at radius 3 is 1.76 bits per heavy atom. The molecule has 0 aliphatic carbocycles. The zero-order chi connectivity index (χ0) is 21.8. The molecule has 0 nitrogen and oxygen atoms in total. The van der Waals surface area contributed by atoms with Gasteiger partial charge in [-0.2, -0.15) is 0 Å². The molecule has 0 aliphatic heterocycles. The van der Waals surface area contributed by atoms with Crippen molar-refractivity contribution < 1.29 is 0 Å². The monoisotopic (exact) mass is 736 g/mol. The first-order valence-corrected chi connectivity index (χ1v) is 13.8. The summed E-state index contributed by atoms with van der Waals surface area (Å²) < 4.78 is 0.915. The Balaban J connectivity index is 0.000000158. The van der Waals surface area contributed by atoms with Crippen LogP contribution in [-0.2, 0) is 0 Å². The third kappa shape index (κ3) is 8.77. The Bertz CT molecular complexity index is 1070. The highest BCUT2D eigenvalue weighted by atomic mass is 79.9. The first kappa shape index (κ1) is 26.8. The SMILES string of the molecule is ClC(Cl)(Br)C(Cl)(Cl)Br.Clc1ccc2cc(Br)sc2c1.Clc1ccc2ccsc2c1. The average Bonchev–Trinajstić information content (AvgIpc) is 3.18. The van der Waals surface area contributed by atoms with Crippen molar-refractivity contribution in [2.24, 2.45) is 0 Å². The van der Waals surface area contributed by atoms with Crippen molar-refractivity contribution in [2.45, 2.75) is 6.49 Å². The maximum atomic E-state index is 5.82. The fourth-order valence-corrected chi connectivity index (χ4v) is 4.80. The lowest BCUT2D eigenvalue weighted by Crippen LogP contribution is -2.22. The van der Waals surface area contributed by atoms with E-state index in [1.807, 2.05) is 36.4 Å². The van der Waals surface area contributed by atoms with Gasteiger partial charge in [0.2, 0.25) is 6.49 Å². The van der Waals surface area contributed by atoms with Gasteiger partial charge in [0.05, 0.1) is 3.79 Å². The van der Waals surface area contributed by atoms with Crippen LogP contribution in [0.5, 0.6) is 0 Å². The molecular formula is C18H9Br3Cl6S2. The lowest BCUT2D eigenvalue weighted by atomic mass is 10.3. The van der Waals surface area contributed by atoms with Crippen LogP contribution in [0.3, 0.4) is 0 Å². The number of fused-ring (bicyclic) bond motifs is 2. The molecule has 0 fully saturated rings. The molecule has 0 saturated heterocycles. The zero-order valence-corrected chi connectivity index (χ0v) is 24.8. The first-order valence-electron chi connectivity index (χ1n) is 7.47. The summed E-state index contributed by atoms with van der Waals surface area (Å²) in [5.74, 6) is 0. The summed E-state index contributed by atoms with van der Waals surface area (Å²) in [6.07, 6.45) is 0. The molecule has 2 aromatic carbocycles. The Kier molecular flexibility index (Phi) is 10.7. The number of rotatable bonds is 1. The van der Waals surface area contributed by atoms with Gasteiger partial charge in [0, 0.05) is 19.4 Å². The van der Waals surface area contributed by atoms with Crippen LogP contribution in [0.1, 0.15) is 0 Å². The van der Waals surface area contributed by atoms with Gasteiger partial charge < -0.3 is 0 Å². The van der Waals surface area contributed by atoms with E-state index in [0.29, 0.717) is 0 Å². The molecule has 0 N–H and O–H groups in total. The number of thiophene rings is 2. The minimum Gasteiger partial charge on any atom is -0.144 e. The molecule has 0 radical (unpaired) electrons. The van der Waals surface area contributed by atoms with Gasteiger partial charge in [-0.1, -0.05) is 81.7 Å². The van der Waals surface area contributed by atoms with Gasteiger partial charge in [0.15, 0.2) is 0 Å². The molecule has 156 valence electrons. The minimum atomic E-state index is -1.36. The summed E-state index contributed by atoms with van der Waals surface area (Å²) in [4.78, 5) is 0. The standard InChI is InChI=1S/C8H4BrClS.C8H5ClS.C2Br2Cl4/c9-8-3-5-1-2-6(10)4-7(5)11-8;9-7-2-1-6-3-4-10-8(6)5-7;3-1(5,6)2(4,7)8/h1-4H;1-5H;. The highest BCUT2D eigenvalue weighted by Crippen LogP contribution is 2.51. The third-order valence-corrected chi connectivity index (χ3v) is 10.3. The lowest BCUT2D eigenvalue weighted by molar-refractivity contribution is 1.18. The van der Waals surface area contributed by atoms with Gasteiger partial charge in [0.25, 0.3) is 0 Å². The van der Waals surface area contributed by atoms with Crippen molar-refractivity contribution in [3.05, 3.63) is 67.7 Å². The van der Waals surface area contributed by atoms with E-state index >= 15 is 0 Å². The molecule has 0 saturated carbocycles. The summed E-state index contributed by atoms with van der Waals surface area (Å²) in [6.45, 7) is 0. The Morgan fingerprint density at radius 2 is 1.21 bits per heavy atom. The lowest BCUT2D eigenvalue weighted by Gasteiger charge is -2.20. The molecule has 4 rings (SSSR count). The van der Waals surface area contributed by atoms with Crippen molar-refractivity contribution in [3.8, 4) is 0 Å². The van der Waals surface area contributed by atoms with E-state index in [-0.39, 0.29) is 0 Å². The maximum absolute atomic E-state index is 5.82. The molecule has 11 heteroatoms. The van der Waals surface area contributed by atoms with E-state index in [9.17, 15) is 0 Å². The van der Waals surface area contributed by atoms with Crippen molar-refractivity contribution in [1.29, 1.82) is 0 Å². The van der Waals surface area contributed by atoms with Gasteiger partial charge in [-0.05, 0) is 100 Å². The molecule has 0 amide bonds. The highest BCUT2D eigenvalue weighted by Gasteiger charge is 2.42. The number of hydrogen-bond donors (Lipinski definition) is 0. The number of alkyl halides is 6. The fourth-order valence-electron chi connectivity index (χ4n) is 1.90. The second-order valence-electron chi connectivity index (χ2n) is 5.33. The van der Waals surface area contributed by atoms with Crippen LogP contribution in [0.15, 0.2) is 57.7 Å². The van der Waals surface area contributed by atoms with Crippen molar-refractivity contribution in [3.63, 3.8) is 0 Å². The number of benzene rings is 2. The zero-order valence-electron chi connectivity index (χ0n) is 13.9. The summed E-state index contributed by atoms with van der Waals surface area (Å²) in [5.41, 5.74) is 0. The van der Waals surface area contributed by atoms with Crippen LogP contribution < -0.4 is 0 Å². The molecule has 2 aromatic heterocycles. The molecule has 0 atom stereocenters. The summed E-state index contributed by atoms with van der Waals surface area (Å²) in [6, 6.07) is 16.0. The van der Waals surface area contributed by atoms with E-state index in [1.54, 1.807) is 22.7 Å². The summed E-state index contributed by atoms with van der Waals surface area (Å²) in [5, 5.41) is 6.20. The molecule has 0 spiro atoms. The van der Waals surface area contributed by atoms with E-state index in [0.717, 1.165) is 13.8 Å². The van der Waals surface area contributed by atoms with Gasteiger partial charge in [0.1, 0.15) is 0 Å². The van der Waals surface area contributed by atoms with E-state index in [4.69, 9.17) is 69.6 Å². The van der Waals surface area contributed by atoms with Gasteiger partial charge in [-0.15, -0.1) is 22.7 Å². The predicted octanol–water partition coefficient (Wildman–Crippen LogP) is 11.9. The number of halogens is 9. The molecule has 4 aromatic rings. The summed E-state index contributed by atoms with van der Waals surface area (Å²) >= 11 is 45.6. The second-order valence-corrected chi connectivity index (χ2v) is 16.5. The summed E-state index contributed by atoms with van der Waals surface area (Å²) in [7, 11) is 0. The maximum Gasteiger partial charge on any atom is 0.214 e. The van der Waals surface area contributed by atoms with E-state index in [2.05, 4.69) is 65.3 Å². The molecule has 0 unspecified atom stereocenters. The van der Waals surface area contributed by atoms with E-state index in [1.165, 1.54) is 20.2 Å². The molecule has 2 heterocycles. The van der Waals surface area contributed by atoms with Gasteiger partial charge in [-0.3, -0.25) is 0 Å².